The summed E-state index contributed by atoms with van der Waals surface area (Å²) in [6.07, 6.45) is 3.41. The minimum Gasteiger partial charge on any atom is -0.275 e. The molecule has 0 bridgehead atoms. The van der Waals surface area contributed by atoms with E-state index in [9.17, 15) is 4.39 Å². The number of nitrogens with one attached hydrogen (secondary N) is 1. The van der Waals surface area contributed by atoms with E-state index in [1.165, 1.54) is 6.07 Å². The van der Waals surface area contributed by atoms with Crippen LogP contribution in [-0.4, -0.2) is 9.78 Å². The number of halogens is 2. The van der Waals surface area contributed by atoms with Crippen LogP contribution in [0.2, 0.25) is 5.02 Å². The zero-order chi connectivity index (χ0) is 12.4. The number of hydrogen-bond donors (Lipinski definition) is 2. The van der Waals surface area contributed by atoms with Gasteiger partial charge in [-0.25, -0.2) is 9.82 Å². The van der Waals surface area contributed by atoms with E-state index >= 15 is 0 Å². The van der Waals surface area contributed by atoms with E-state index in [-0.39, 0.29) is 0 Å². The summed E-state index contributed by atoms with van der Waals surface area (Å²) in [6.45, 7) is 0. The van der Waals surface area contributed by atoms with Crippen molar-refractivity contribution in [2.75, 3.05) is 0 Å². The second-order valence-electron chi connectivity index (χ2n) is 3.71. The van der Waals surface area contributed by atoms with Crippen LogP contribution >= 0.6 is 11.6 Å². The van der Waals surface area contributed by atoms with E-state index in [0.29, 0.717) is 10.6 Å². The highest BCUT2D eigenvalue weighted by atomic mass is 35.5. The lowest BCUT2D eigenvalue weighted by molar-refractivity contribution is 0.560. The molecular formula is C11H12ClFN4. The lowest BCUT2D eigenvalue weighted by atomic mass is 10.0. The van der Waals surface area contributed by atoms with E-state index in [0.717, 1.165) is 5.56 Å². The average molecular weight is 255 g/mol. The lowest BCUT2D eigenvalue weighted by Crippen LogP contribution is -2.29. The Hall–Kier alpha value is -1.43. The zero-order valence-electron chi connectivity index (χ0n) is 9.19. The molecule has 1 aromatic carbocycles. The van der Waals surface area contributed by atoms with Crippen LogP contribution in [0.1, 0.15) is 17.2 Å². The molecule has 0 spiro atoms. The first kappa shape index (κ1) is 12.0. The molecule has 1 unspecified atom stereocenters. The van der Waals surface area contributed by atoms with Gasteiger partial charge in [0.1, 0.15) is 5.82 Å². The van der Waals surface area contributed by atoms with Gasteiger partial charge in [0, 0.05) is 29.4 Å². The van der Waals surface area contributed by atoms with Gasteiger partial charge in [0.25, 0.3) is 0 Å². The second-order valence-corrected chi connectivity index (χ2v) is 4.15. The minimum absolute atomic E-state index is 0.355. The van der Waals surface area contributed by atoms with Gasteiger partial charge in [0.2, 0.25) is 0 Å². The standard InChI is InChI=1S/C11H12ClFN4/c1-17-6-7(5-15-17)11(16-14)9-3-2-8(12)4-10(9)13/h2-6,11,16H,14H2,1H3. The Labute approximate surface area is 103 Å². The van der Waals surface area contributed by atoms with Gasteiger partial charge < -0.3 is 0 Å². The summed E-state index contributed by atoms with van der Waals surface area (Å²) in [4.78, 5) is 0. The first-order valence-corrected chi connectivity index (χ1v) is 5.39. The molecule has 3 N–H and O–H groups in total. The molecule has 0 saturated heterocycles. The first-order valence-electron chi connectivity index (χ1n) is 5.01. The number of hydrogen-bond acceptors (Lipinski definition) is 3. The first-order chi connectivity index (χ1) is 8.11. The highest BCUT2D eigenvalue weighted by molar-refractivity contribution is 6.30. The molecule has 0 radical (unpaired) electrons. The SMILES string of the molecule is Cn1cc(C(NN)c2ccc(Cl)cc2F)cn1. The largest absolute Gasteiger partial charge is 0.275 e. The molecule has 90 valence electrons. The Bertz CT molecular complexity index is 526. The number of aryl methyl sites for hydroxylation is 1. The monoisotopic (exact) mass is 254 g/mol. The van der Waals surface area contributed by atoms with E-state index in [1.54, 1.807) is 36.3 Å². The quantitative estimate of drug-likeness (QED) is 0.648. The number of hydrazine groups is 1. The molecule has 6 heteroatoms. The van der Waals surface area contributed by atoms with Gasteiger partial charge in [-0.2, -0.15) is 5.10 Å². The van der Waals surface area contributed by atoms with Crippen molar-refractivity contribution in [3.05, 3.63) is 52.6 Å². The second kappa shape index (κ2) is 4.83. The summed E-state index contributed by atoms with van der Waals surface area (Å²) >= 11 is 5.71. The summed E-state index contributed by atoms with van der Waals surface area (Å²) in [6, 6.07) is 4.05. The van der Waals surface area contributed by atoms with Crippen LogP contribution in [0.5, 0.6) is 0 Å². The summed E-state index contributed by atoms with van der Waals surface area (Å²) in [5.74, 6) is 5.07. The highest BCUT2D eigenvalue weighted by Crippen LogP contribution is 2.25. The summed E-state index contributed by atoms with van der Waals surface area (Å²) in [5, 5.41) is 4.39. The van der Waals surface area contributed by atoms with E-state index in [2.05, 4.69) is 10.5 Å². The fourth-order valence-electron chi connectivity index (χ4n) is 1.69. The maximum Gasteiger partial charge on any atom is 0.129 e. The molecule has 1 aromatic heterocycles. The summed E-state index contributed by atoms with van der Waals surface area (Å²) < 4.78 is 15.4. The number of nitrogens with two attached hydrogens (primary N) is 1. The van der Waals surface area contributed by atoms with Crippen LogP contribution in [0.25, 0.3) is 0 Å². The Morgan fingerprint density at radius 2 is 2.29 bits per heavy atom. The van der Waals surface area contributed by atoms with Crippen molar-refractivity contribution >= 4 is 11.6 Å². The van der Waals surface area contributed by atoms with Crippen LogP contribution in [0.15, 0.2) is 30.6 Å². The molecule has 17 heavy (non-hydrogen) atoms. The van der Waals surface area contributed by atoms with Crippen molar-refractivity contribution in [3.63, 3.8) is 0 Å². The Morgan fingerprint density at radius 3 is 2.82 bits per heavy atom. The van der Waals surface area contributed by atoms with Crippen LogP contribution in [-0.2, 0) is 7.05 Å². The van der Waals surface area contributed by atoms with E-state index < -0.39 is 11.9 Å². The van der Waals surface area contributed by atoms with Gasteiger partial charge in [-0.1, -0.05) is 17.7 Å². The third-order valence-corrected chi connectivity index (χ3v) is 2.73. The van der Waals surface area contributed by atoms with Crippen LogP contribution in [0.4, 0.5) is 4.39 Å². The number of aromatic nitrogens is 2. The summed E-state index contributed by atoms with van der Waals surface area (Å²) in [7, 11) is 1.79. The molecule has 0 saturated carbocycles. The fourth-order valence-corrected chi connectivity index (χ4v) is 1.85. The smallest absolute Gasteiger partial charge is 0.129 e. The maximum absolute atomic E-state index is 13.8. The van der Waals surface area contributed by atoms with Crippen LogP contribution in [0.3, 0.4) is 0 Å². The molecule has 0 aliphatic carbocycles. The molecule has 1 heterocycles. The molecule has 0 aliphatic heterocycles. The lowest BCUT2D eigenvalue weighted by Gasteiger charge is -2.15. The van der Waals surface area contributed by atoms with Crippen molar-refractivity contribution in [2.45, 2.75) is 6.04 Å². The van der Waals surface area contributed by atoms with E-state index in [4.69, 9.17) is 17.4 Å². The number of rotatable bonds is 3. The van der Waals surface area contributed by atoms with Gasteiger partial charge >= 0.3 is 0 Å². The highest BCUT2D eigenvalue weighted by Gasteiger charge is 2.18. The number of benzene rings is 1. The van der Waals surface area contributed by atoms with Gasteiger partial charge in [0.15, 0.2) is 0 Å². The number of nitrogens with zero attached hydrogens (tertiary/aromatic N) is 2. The third kappa shape index (κ3) is 2.46. The molecule has 0 aliphatic rings. The van der Waals surface area contributed by atoms with Gasteiger partial charge in [-0.05, 0) is 12.1 Å². The van der Waals surface area contributed by atoms with Crippen molar-refractivity contribution in [3.8, 4) is 0 Å². The normalized spacial score (nSPS) is 12.7. The average Bonchev–Trinajstić information content (AvgIpc) is 2.69. The predicted octanol–water partition coefficient (Wildman–Crippen LogP) is 1.77. The Balaban J connectivity index is 2.42. The van der Waals surface area contributed by atoms with Crippen molar-refractivity contribution in [1.29, 1.82) is 0 Å². The van der Waals surface area contributed by atoms with Crippen LogP contribution < -0.4 is 11.3 Å². The Kier molecular flexibility index (Phi) is 3.42. The molecular weight excluding hydrogens is 243 g/mol. The van der Waals surface area contributed by atoms with Gasteiger partial charge in [0.05, 0.1) is 12.2 Å². The minimum atomic E-state index is -0.444. The molecule has 2 aromatic rings. The Morgan fingerprint density at radius 1 is 1.53 bits per heavy atom. The maximum atomic E-state index is 13.8. The van der Waals surface area contributed by atoms with Crippen LogP contribution in [0, 0.1) is 5.82 Å². The van der Waals surface area contributed by atoms with Gasteiger partial charge in [-0.15, -0.1) is 0 Å². The zero-order valence-corrected chi connectivity index (χ0v) is 9.95. The van der Waals surface area contributed by atoms with Gasteiger partial charge in [-0.3, -0.25) is 10.5 Å². The molecule has 0 fully saturated rings. The predicted molar refractivity (Wildman–Crippen MR) is 63.8 cm³/mol. The van der Waals surface area contributed by atoms with Crippen molar-refractivity contribution < 1.29 is 4.39 Å². The molecule has 4 nitrogen and oxygen atoms in total. The van der Waals surface area contributed by atoms with E-state index in [1.807, 2.05) is 0 Å². The topological polar surface area (TPSA) is 55.9 Å². The third-order valence-electron chi connectivity index (χ3n) is 2.50. The van der Waals surface area contributed by atoms with Crippen molar-refractivity contribution in [2.24, 2.45) is 12.9 Å². The molecule has 1 atom stereocenters. The fraction of sp³-hybridized carbons (Fsp3) is 0.182. The molecule has 0 amide bonds. The molecule has 2 rings (SSSR count). The summed E-state index contributed by atoms with van der Waals surface area (Å²) in [5.41, 5.74) is 3.80. The van der Waals surface area contributed by atoms with Crippen molar-refractivity contribution in [1.82, 2.24) is 15.2 Å².